The zero-order valence-electron chi connectivity index (χ0n) is 26.5. The molecule has 0 unspecified atom stereocenters. The molecule has 2 aromatic carbocycles. The van der Waals surface area contributed by atoms with Crippen molar-refractivity contribution in [1.29, 1.82) is 0 Å². The Bertz CT molecular complexity index is 1780. The Balaban J connectivity index is 1.56. The first-order valence-electron chi connectivity index (χ1n) is 15.4. The van der Waals surface area contributed by atoms with Crippen molar-refractivity contribution >= 4 is 29.2 Å². The van der Waals surface area contributed by atoms with Gasteiger partial charge in [-0.3, -0.25) is 19.0 Å². The van der Waals surface area contributed by atoms with E-state index in [-0.39, 0.29) is 24.0 Å². The van der Waals surface area contributed by atoms with E-state index in [1.807, 2.05) is 62.9 Å². The Morgan fingerprint density at radius 3 is 2.44 bits per heavy atom. The van der Waals surface area contributed by atoms with E-state index in [4.69, 9.17) is 19.2 Å². The molecular formula is C34H40N4O6S. The lowest BCUT2D eigenvalue weighted by molar-refractivity contribution is -0.132. The standard InChI is InChI=1S/C34H40N4O6S/c1-6-36(7-2)33(41)30-22(4)35-34-38(31(30)24-13-9-10-14-25(24)42-5)32(40)28(45-34)20-23-15-16-26(27(19-23)43-8-3)44-21-29(39)37-17-11-12-18-37/h9-10,13-16,19-20,31H,6-8,11-12,17-18,21H2,1-5H3/b28-20-/t31-/m0/s1. The van der Waals surface area contributed by atoms with Gasteiger partial charge in [0.25, 0.3) is 17.4 Å². The van der Waals surface area contributed by atoms with E-state index in [9.17, 15) is 14.4 Å². The quantitative estimate of drug-likeness (QED) is 0.321. The number of aromatic nitrogens is 1. The molecule has 0 bridgehead atoms. The number of thiazole rings is 1. The van der Waals surface area contributed by atoms with E-state index in [2.05, 4.69) is 0 Å². The number of amides is 2. The van der Waals surface area contributed by atoms with Crippen LogP contribution in [0.5, 0.6) is 17.2 Å². The van der Waals surface area contributed by atoms with Crippen LogP contribution in [0, 0.1) is 0 Å². The van der Waals surface area contributed by atoms with Crippen molar-refractivity contribution in [3.05, 3.63) is 84.5 Å². The molecule has 238 valence electrons. The van der Waals surface area contributed by atoms with Gasteiger partial charge in [0, 0.05) is 31.7 Å². The number of allylic oxidation sites excluding steroid dienone is 1. The topological polar surface area (TPSA) is 103 Å². The van der Waals surface area contributed by atoms with Crippen LogP contribution in [0.4, 0.5) is 0 Å². The molecule has 1 atom stereocenters. The molecule has 5 rings (SSSR count). The summed E-state index contributed by atoms with van der Waals surface area (Å²) >= 11 is 1.26. The van der Waals surface area contributed by atoms with E-state index in [1.54, 1.807) is 34.8 Å². The van der Waals surface area contributed by atoms with Gasteiger partial charge in [-0.15, -0.1) is 0 Å². The maximum absolute atomic E-state index is 14.2. The second-order valence-corrected chi connectivity index (χ2v) is 11.8. The highest BCUT2D eigenvalue weighted by Crippen LogP contribution is 2.36. The first-order valence-corrected chi connectivity index (χ1v) is 16.2. The maximum Gasteiger partial charge on any atom is 0.271 e. The lowest BCUT2D eigenvalue weighted by Crippen LogP contribution is -2.43. The molecule has 10 nitrogen and oxygen atoms in total. The van der Waals surface area contributed by atoms with E-state index in [0.29, 0.717) is 63.1 Å². The first-order chi connectivity index (χ1) is 21.8. The van der Waals surface area contributed by atoms with Crippen LogP contribution < -0.4 is 29.1 Å². The highest BCUT2D eigenvalue weighted by Gasteiger charge is 2.35. The third-order valence-corrected chi connectivity index (χ3v) is 9.09. The summed E-state index contributed by atoms with van der Waals surface area (Å²) < 4.78 is 19.5. The van der Waals surface area contributed by atoms with Gasteiger partial charge in [-0.05, 0) is 70.4 Å². The number of carbonyl (C=O) groups excluding carboxylic acids is 2. The predicted octanol–water partition coefficient (Wildman–Crippen LogP) is 3.51. The van der Waals surface area contributed by atoms with E-state index in [0.717, 1.165) is 31.5 Å². The Labute approximate surface area is 266 Å². The minimum atomic E-state index is -0.712. The number of likely N-dealkylation sites (N-methyl/N-ethyl adjacent to an activating group) is 1. The summed E-state index contributed by atoms with van der Waals surface area (Å²) in [5.74, 6) is 1.33. The fraction of sp³-hybridized carbons (Fsp3) is 0.412. The summed E-state index contributed by atoms with van der Waals surface area (Å²) in [5.41, 5.74) is 2.19. The summed E-state index contributed by atoms with van der Waals surface area (Å²) in [5, 5.41) is 0. The number of ether oxygens (including phenoxy) is 3. The normalized spacial score (nSPS) is 16.3. The van der Waals surface area contributed by atoms with Crippen molar-refractivity contribution in [3.63, 3.8) is 0 Å². The average Bonchev–Trinajstić information content (AvgIpc) is 3.69. The van der Waals surface area contributed by atoms with E-state index in [1.165, 1.54) is 11.3 Å². The fourth-order valence-electron chi connectivity index (χ4n) is 5.81. The second kappa shape index (κ2) is 14.2. The van der Waals surface area contributed by atoms with Crippen LogP contribution in [0.2, 0.25) is 0 Å². The summed E-state index contributed by atoms with van der Waals surface area (Å²) in [4.78, 5) is 49.4. The van der Waals surface area contributed by atoms with Crippen molar-refractivity contribution in [2.75, 3.05) is 46.5 Å². The minimum absolute atomic E-state index is 0.0427. The number of nitrogens with zero attached hydrogens (tertiary/aromatic N) is 4. The van der Waals surface area contributed by atoms with Gasteiger partial charge < -0.3 is 24.0 Å². The summed E-state index contributed by atoms with van der Waals surface area (Å²) in [7, 11) is 1.58. The third-order valence-electron chi connectivity index (χ3n) is 8.11. The minimum Gasteiger partial charge on any atom is -0.496 e. The number of hydrogen-bond donors (Lipinski definition) is 0. The number of benzene rings is 2. The van der Waals surface area contributed by atoms with Gasteiger partial charge in [-0.1, -0.05) is 35.6 Å². The van der Waals surface area contributed by atoms with Crippen molar-refractivity contribution in [2.24, 2.45) is 4.99 Å². The molecule has 0 radical (unpaired) electrons. The van der Waals surface area contributed by atoms with E-state index >= 15 is 0 Å². The number of methoxy groups -OCH3 is 1. The molecule has 1 fully saturated rings. The Morgan fingerprint density at radius 2 is 1.76 bits per heavy atom. The Hall–Kier alpha value is -4.38. The molecule has 0 spiro atoms. The average molecular weight is 633 g/mol. The highest BCUT2D eigenvalue weighted by molar-refractivity contribution is 7.07. The molecule has 0 N–H and O–H groups in total. The number of likely N-dealkylation sites (tertiary alicyclic amines) is 1. The molecule has 11 heteroatoms. The zero-order chi connectivity index (χ0) is 32.1. The van der Waals surface area contributed by atoms with Crippen LogP contribution in [-0.2, 0) is 9.59 Å². The zero-order valence-corrected chi connectivity index (χ0v) is 27.3. The number of carbonyl (C=O) groups is 2. The Kier molecular flexibility index (Phi) is 10.1. The molecule has 3 aromatic rings. The van der Waals surface area contributed by atoms with Gasteiger partial charge in [0.1, 0.15) is 11.8 Å². The van der Waals surface area contributed by atoms with Gasteiger partial charge in [0.15, 0.2) is 22.9 Å². The van der Waals surface area contributed by atoms with Crippen molar-refractivity contribution in [3.8, 4) is 17.2 Å². The molecule has 0 aliphatic carbocycles. The number of rotatable bonds is 11. The number of fused-ring (bicyclic) bond motifs is 1. The van der Waals surface area contributed by atoms with Gasteiger partial charge in [-0.25, -0.2) is 4.99 Å². The largest absolute Gasteiger partial charge is 0.496 e. The van der Waals surface area contributed by atoms with Gasteiger partial charge in [0.05, 0.1) is 29.5 Å². The molecule has 2 aliphatic heterocycles. The van der Waals surface area contributed by atoms with Crippen molar-refractivity contribution in [1.82, 2.24) is 14.4 Å². The molecule has 1 saturated heterocycles. The first kappa shape index (κ1) is 32.0. The molecule has 2 aliphatic rings. The molecule has 0 saturated carbocycles. The maximum atomic E-state index is 14.2. The lowest BCUT2D eigenvalue weighted by Gasteiger charge is -2.29. The smallest absolute Gasteiger partial charge is 0.271 e. The summed E-state index contributed by atoms with van der Waals surface area (Å²) in [6, 6.07) is 12.1. The van der Waals surface area contributed by atoms with Crippen LogP contribution >= 0.6 is 11.3 Å². The fourth-order valence-corrected chi connectivity index (χ4v) is 6.86. The predicted molar refractivity (Wildman–Crippen MR) is 174 cm³/mol. The van der Waals surface area contributed by atoms with Gasteiger partial charge in [0.2, 0.25) is 0 Å². The monoisotopic (exact) mass is 632 g/mol. The Morgan fingerprint density at radius 1 is 1.02 bits per heavy atom. The lowest BCUT2D eigenvalue weighted by atomic mass is 9.94. The van der Waals surface area contributed by atoms with Crippen LogP contribution in [-0.4, -0.2) is 72.7 Å². The van der Waals surface area contributed by atoms with Crippen molar-refractivity contribution in [2.45, 2.75) is 46.6 Å². The second-order valence-electron chi connectivity index (χ2n) is 10.8. The van der Waals surface area contributed by atoms with Gasteiger partial charge in [-0.2, -0.15) is 0 Å². The summed E-state index contributed by atoms with van der Waals surface area (Å²) in [6.45, 7) is 10.5. The number of para-hydroxylation sites is 1. The van der Waals surface area contributed by atoms with Crippen LogP contribution in [0.25, 0.3) is 6.08 Å². The van der Waals surface area contributed by atoms with Gasteiger partial charge >= 0.3 is 0 Å². The third kappa shape index (κ3) is 6.54. The number of hydrogen-bond acceptors (Lipinski definition) is 8. The molecule has 2 amide bonds. The molecular weight excluding hydrogens is 592 g/mol. The van der Waals surface area contributed by atoms with Crippen LogP contribution in [0.1, 0.15) is 57.7 Å². The summed E-state index contributed by atoms with van der Waals surface area (Å²) in [6.07, 6.45) is 3.82. The van der Waals surface area contributed by atoms with Crippen molar-refractivity contribution < 1.29 is 23.8 Å². The SMILES string of the molecule is CCOc1cc(/C=c2\sc3n(c2=O)[C@@H](c2ccccc2OC)C(C(=O)N(CC)CC)=C(C)N=3)ccc1OCC(=O)N1CCCC1. The van der Waals surface area contributed by atoms with Crippen LogP contribution in [0.15, 0.2) is 63.5 Å². The molecule has 3 heterocycles. The van der Waals surface area contributed by atoms with Crippen LogP contribution in [0.3, 0.4) is 0 Å². The highest BCUT2D eigenvalue weighted by atomic mass is 32.1. The van der Waals surface area contributed by atoms with E-state index < -0.39 is 6.04 Å². The molecule has 45 heavy (non-hydrogen) atoms. The molecule has 1 aromatic heterocycles.